The summed E-state index contributed by atoms with van der Waals surface area (Å²) < 4.78 is 16.5. The molecule has 0 unspecified atom stereocenters. The zero-order valence-electron chi connectivity index (χ0n) is 14.9. The zero-order valence-corrected chi connectivity index (χ0v) is 14.9. The highest BCUT2D eigenvalue weighted by molar-refractivity contribution is 6.01. The van der Waals surface area contributed by atoms with E-state index in [1.807, 2.05) is 0 Å². The Kier molecular flexibility index (Phi) is 5.40. The second-order valence-corrected chi connectivity index (χ2v) is 6.14. The fourth-order valence-corrected chi connectivity index (χ4v) is 2.77. The molecular weight excluding hydrogens is 350 g/mol. The van der Waals surface area contributed by atoms with Crippen LogP contribution in [0.15, 0.2) is 56.3 Å². The molecule has 7 heteroatoms. The van der Waals surface area contributed by atoms with Gasteiger partial charge in [0.1, 0.15) is 16.9 Å². The van der Waals surface area contributed by atoms with Crippen LogP contribution >= 0.6 is 0 Å². The Balaban J connectivity index is 1.69. The average molecular weight is 369 g/mol. The number of rotatable bonds is 8. The van der Waals surface area contributed by atoms with Crippen LogP contribution < -0.4 is 10.4 Å². The Labute approximate surface area is 154 Å². The summed E-state index contributed by atoms with van der Waals surface area (Å²) in [6, 6.07) is 6.44. The lowest BCUT2D eigenvalue weighted by molar-refractivity contribution is -0.135. The highest BCUT2D eigenvalue weighted by Crippen LogP contribution is 2.35. The van der Waals surface area contributed by atoms with Crippen molar-refractivity contribution in [1.82, 2.24) is 4.90 Å². The Morgan fingerprint density at radius 3 is 2.74 bits per heavy atom. The number of hydrogen-bond donors (Lipinski definition) is 0. The molecule has 0 saturated carbocycles. The quantitative estimate of drug-likeness (QED) is 0.262. The molecule has 2 aromatic heterocycles. The van der Waals surface area contributed by atoms with Gasteiger partial charge in [0.25, 0.3) is 5.91 Å². The number of amides is 2. The third kappa shape index (κ3) is 3.92. The van der Waals surface area contributed by atoms with Crippen molar-refractivity contribution in [2.45, 2.75) is 19.8 Å². The molecule has 1 aromatic carbocycles. The van der Waals surface area contributed by atoms with Crippen LogP contribution in [0.4, 0.5) is 0 Å². The van der Waals surface area contributed by atoms with Gasteiger partial charge in [0.2, 0.25) is 6.41 Å². The van der Waals surface area contributed by atoms with E-state index >= 15 is 0 Å². The molecule has 27 heavy (non-hydrogen) atoms. The number of fused-ring (bicyclic) bond motifs is 2. The highest BCUT2D eigenvalue weighted by Gasteiger charge is 2.14. The summed E-state index contributed by atoms with van der Waals surface area (Å²) in [4.78, 5) is 35.3. The molecule has 0 aliphatic carbocycles. The van der Waals surface area contributed by atoms with Crippen LogP contribution in [0.5, 0.6) is 5.75 Å². The maximum atomic E-state index is 11.8. The van der Waals surface area contributed by atoms with E-state index in [-0.39, 0.29) is 5.91 Å². The van der Waals surface area contributed by atoms with Crippen LogP contribution in [0.1, 0.15) is 19.8 Å². The molecule has 0 aliphatic heterocycles. The maximum absolute atomic E-state index is 11.8. The Morgan fingerprint density at radius 2 is 2.00 bits per heavy atom. The van der Waals surface area contributed by atoms with Crippen LogP contribution in [0, 0.1) is 0 Å². The highest BCUT2D eigenvalue weighted by atomic mass is 16.5. The number of furan rings is 1. The Hall–Kier alpha value is -3.35. The van der Waals surface area contributed by atoms with E-state index in [1.54, 1.807) is 31.4 Å². The summed E-state index contributed by atoms with van der Waals surface area (Å²) in [6.07, 6.45) is 3.27. The molecule has 0 bridgehead atoms. The van der Waals surface area contributed by atoms with Gasteiger partial charge in [-0.05, 0) is 31.9 Å². The topological polar surface area (TPSA) is 90.0 Å². The zero-order chi connectivity index (χ0) is 19.4. The van der Waals surface area contributed by atoms with Crippen molar-refractivity contribution in [2.75, 3.05) is 13.2 Å². The summed E-state index contributed by atoms with van der Waals surface area (Å²) in [5, 5.41) is 1.46. The minimum Gasteiger partial charge on any atom is -0.492 e. The SMILES string of the molecule is C=C(C)C(=O)N(C=O)CCCCOc1c2ccoc2cc2oc(=O)ccc12. The number of benzene rings is 1. The van der Waals surface area contributed by atoms with E-state index in [0.29, 0.717) is 60.3 Å². The van der Waals surface area contributed by atoms with Gasteiger partial charge in [-0.25, -0.2) is 4.79 Å². The molecule has 0 aliphatic rings. The smallest absolute Gasteiger partial charge is 0.336 e. The largest absolute Gasteiger partial charge is 0.492 e. The third-order valence-electron chi connectivity index (χ3n) is 4.10. The van der Waals surface area contributed by atoms with Crippen molar-refractivity contribution in [3.8, 4) is 5.75 Å². The lowest BCUT2D eigenvalue weighted by atomic mass is 10.1. The molecule has 3 rings (SSSR count). The molecule has 0 spiro atoms. The molecule has 3 aromatic rings. The molecule has 140 valence electrons. The van der Waals surface area contributed by atoms with E-state index < -0.39 is 5.63 Å². The monoisotopic (exact) mass is 369 g/mol. The van der Waals surface area contributed by atoms with E-state index in [9.17, 15) is 14.4 Å². The van der Waals surface area contributed by atoms with Gasteiger partial charge in [0.05, 0.1) is 23.6 Å². The van der Waals surface area contributed by atoms with E-state index in [0.717, 1.165) is 10.3 Å². The normalized spacial score (nSPS) is 10.9. The fourth-order valence-electron chi connectivity index (χ4n) is 2.77. The predicted octanol–water partition coefficient (Wildman–Crippen LogP) is 3.26. The molecule has 0 saturated heterocycles. The second-order valence-electron chi connectivity index (χ2n) is 6.14. The first-order chi connectivity index (χ1) is 13.0. The minimum atomic E-state index is -0.449. The molecule has 0 N–H and O–H groups in total. The summed E-state index contributed by atoms with van der Waals surface area (Å²) in [5.41, 5.74) is 0.818. The van der Waals surface area contributed by atoms with Gasteiger partial charge in [-0.15, -0.1) is 0 Å². The first kappa shape index (κ1) is 18.4. The van der Waals surface area contributed by atoms with Gasteiger partial charge in [-0.2, -0.15) is 0 Å². The Bertz CT molecular complexity index is 1060. The summed E-state index contributed by atoms with van der Waals surface area (Å²) in [5.74, 6) is 0.195. The molecule has 2 heterocycles. The molecule has 0 radical (unpaired) electrons. The van der Waals surface area contributed by atoms with Gasteiger partial charge in [0.15, 0.2) is 0 Å². The molecular formula is C20H19NO6. The van der Waals surface area contributed by atoms with Crippen molar-refractivity contribution >= 4 is 34.3 Å². The number of ether oxygens (including phenoxy) is 1. The van der Waals surface area contributed by atoms with Gasteiger partial charge in [-0.3, -0.25) is 14.5 Å². The number of unbranched alkanes of at least 4 members (excludes halogenated alkanes) is 1. The number of carbonyl (C=O) groups excluding carboxylic acids is 2. The van der Waals surface area contributed by atoms with Crippen LogP contribution in [-0.2, 0) is 9.59 Å². The second kappa shape index (κ2) is 7.90. The van der Waals surface area contributed by atoms with E-state index in [2.05, 4.69) is 6.58 Å². The first-order valence-corrected chi connectivity index (χ1v) is 8.50. The number of nitrogens with zero attached hydrogens (tertiary/aromatic N) is 1. The number of carbonyl (C=O) groups is 2. The summed E-state index contributed by atoms with van der Waals surface area (Å²) in [7, 11) is 0. The minimum absolute atomic E-state index is 0.296. The van der Waals surface area contributed by atoms with Crippen LogP contribution in [-0.4, -0.2) is 30.4 Å². The third-order valence-corrected chi connectivity index (χ3v) is 4.10. The lowest BCUT2D eigenvalue weighted by Crippen LogP contribution is -2.31. The van der Waals surface area contributed by atoms with E-state index in [1.165, 1.54) is 6.07 Å². The molecule has 0 atom stereocenters. The van der Waals surface area contributed by atoms with Gasteiger partial charge < -0.3 is 13.6 Å². The number of imide groups is 1. The van der Waals surface area contributed by atoms with E-state index in [4.69, 9.17) is 13.6 Å². The predicted molar refractivity (Wildman–Crippen MR) is 99.6 cm³/mol. The van der Waals surface area contributed by atoms with Gasteiger partial charge in [-0.1, -0.05) is 6.58 Å². The lowest BCUT2D eigenvalue weighted by Gasteiger charge is -2.15. The summed E-state index contributed by atoms with van der Waals surface area (Å²) >= 11 is 0. The van der Waals surface area contributed by atoms with Crippen molar-refractivity contribution < 1.29 is 23.2 Å². The van der Waals surface area contributed by atoms with Crippen molar-refractivity contribution in [3.63, 3.8) is 0 Å². The van der Waals surface area contributed by atoms with Crippen molar-refractivity contribution in [1.29, 1.82) is 0 Å². The number of hydrogen-bond acceptors (Lipinski definition) is 6. The summed E-state index contributed by atoms with van der Waals surface area (Å²) in [6.45, 7) is 5.78. The fraction of sp³-hybridized carbons (Fsp3) is 0.250. The van der Waals surface area contributed by atoms with Crippen molar-refractivity contribution in [3.05, 3.63) is 53.1 Å². The van der Waals surface area contributed by atoms with Crippen LogP contribution in [0.25, 0.3) is 21.9 Å². The van der Waals surface area contributed by atoms with Gasteiger partial charge in [0, 0.05) is 24.3 Å². The van der Waals surface area contributed by atoms with Crippen LogP contribution in [0.3, 0.4) is 0 Å². The molecule has 2 amide bonds. The Morgan fingerprint density at radius 1 is 1.22 bits per heavy atom. The van der Waals surface area contributed by atoms with Crippen molar-refractivity contribution in [2.24, 2.45) is 0 Å². The standard InChI is InChI=1S/C20H19NO6/c1-13(2)20(24)21(12-22)8-3-4-9-26-19-14-5-6-18(23)27-17(14)11-16-15(19)7-10-25-16/h5-7,10-12H,1,3-4,8-9H2,2H3. The maximum Gasteiger partial charge on any atom is 0.336 e. The first-order valence-electron chi connectivity index (χ1n) is 8.50. The molecule has 7 nitrogen and oxygen atoms in total. The van der Waals surface area contributed by atoms with Gasteiger partial charge >= 0.3 is 5.63 Å². The molecule has 0 fully saturated rings. The van der Waals surface area contributed by atoms with Crippen LogP contribution in [0.2, 0.25) is 0 Å². The average Bonchev–Trinajstić information content (AvgIpc) is 3.11.